The maximum Gasteiger partial charge on any atom is 0.0956 e. The third-order valence-electron chi connectivity index (χ3n) is 4.26. The molecule has 0 spiro atoms. The van der Waals surface area contributed by atoms with Crippen LogP contribution in [0.1, 0.15) is 29.7 Å². The summed E-state index contributed by atoms with van der Waals surface area (Å²) in [5.41, 5.74) is 10.6. The minimum atomic E-state index is -0.556. The Labute approximate surface area is 128 Å². The van der Waals surface area contributed by atoms with Gasteiger partial charge in [-0.2, -0.15) is 0 Å². The van der Waals surface area contributed by atoms with Gasteiger partial charge in [0.15, 0.2) is 0 Å². The second-order valence-electron chi connectivity index (χ2n) is 5.58. The number of aliphatic hydroxyl groups is 1. The number of aliphatic hydroxyl groups excluding tert-OH is 1. The Morgan fingerprint density at radius 1 is 1.14 bits per heavy atom. The molecule has 0 saturated carbocycles. The summed E-state index contributed by atoms with van der Waals surface area (Å²) in [6.07, 6.45) is 7.34. The number of hydrogen-bond acceptors (Lipinski definition) is 4. The molecule has 22 heavy (non-hydrogen) atoms. The first-order chi connectivity index (χ1) is 10.7. The summed E-state index contributed by atoms with van der Waals surface area (Å²) in [5.74, 6) is 0. The van der Waals surface area contributed by atoms with Crippen LogP contribution in [0, 0.1) is 0 Å². The van der Waals surface area contributed by atoms with E-state index in [1.165, 1.54) is 5.56 Å². The number of imidazole rings is 1. The van der Waals surface area contributed by atoms with Crippen LogP contribution in [-0.4, -0.2) is 19.6 Å². The van der Waals surface area contributed by atoms with Crippen molar-refractivity contribution in [3.05, 3.63) is 66.4 Å². The van der Waals surface area contributed by atoms with Crippen LogP contribution >= 0.6 is 0 Å². The highest BCUT2D eigenvalue weighted by molar-refractivity contribution is 5.67. The Morgan fingerprint density at radius 3 is 2.77 bits per heavy atom. The molecular formula is C17H16N4O. The summed E-state index contributed by atoms with van der Waals surface area (Å²) >= 11 is 0. The van der Waals surface area contributed by atoms with Gasteiger partial charge in [0, 0.05) is 30.1 Å². The number of aromatic nitrogens is 3. The zero-order chi connectivity index (χ0) is 15.1. The van der Waals surface area contributed by atoms with Gasteiger partial charge >= 0.3 is 0 Å². The third kappa shape index (κ3) is 1.98. The monoisotopic (exact) mass is 292 g/mol. The lowest BCUT2D eigenvalue weighted by molar-refractivity contribution is 0.154. The van der Waals surface area contributed by atoms with E-state index in [1.54, 1.807) is 6.20 Å². The molecule has 3 N–H and O–H groups in total. The molecule has 0 amide bonds. The van der Waals surface area contributed by atoms with E-state index in [9.17, 15) is 5.11 Å². The van der Waals surface area contributed by atoms with Gasteiger partial charge in [0.25, 0.3) is 0 Å². The first-order valence-electron chi connectivity index (χ1n) is 7.23. The van der Waals surface area contributed by atoms with Crippen LogP contribution in [0.2, 0.25) is 0 Å². The lowest BCUT2D eigenvalue weighted by Gasteiger charge is -2.19. The Hall–Kier alpha value is -2.66. The number of nitrogen functional groups attached to an aromatic ring is 1. The summed E-state index contributed by atoms with van der Waals surface area (Å²) in [4.78, 5) is 8.42. The van der Waals surface area contributed by atoms with Gasteiger partial charge in [-0.25, -0.2) is 4.98 Å². The van der Waals surface area contributed by atoms with E-state index in [1.807, 2.05) is 49.1 Å². The first kappa shape index (κ1) is 13.0. The Balaban J connectivity index is 1.67. The van der Waals surface area contributed by atoms with E-state index in [4.69, 9.17) is 5.73 Å². The Kier molecular flexibility index (Phi) is 2.94. The molecule has 0 saturated heterocycles. The number of pyridine rings is 1. The van der Waals surface area contributed by atoms with Crippen molar-refractivity contribution in [1.29, 1.82) is 0 Å². The van der Waals surface area contributed by atoms with Gasteiger partial charge in [-0.3, -0.25) is 4.98 Å². The zero-order valence-corrected chi connectivity index (χ0v) is 11.9. The molecule has 5 nitrogen and oxygen atoms in total. The van der Waals surface area contributed by atoms with Crippen molar-refractivity contribution in [2.75, 3.05) is 5.73 Å². The molecule has 1 aromatic carbocycles. The van der Waals surface area contributed by atoms with Crippen LogP contribution in [0.3, 0.4) is 0 Å². The average Bonchev–Trinajstić information content (AvgIpc) is 3.11. The molecule has 0 bridgehead atoms. The van der Waals surface area contributed by atoms with Crippen molar-refractivity contribution in [1.82, 2.24) is 14.5 Å². The molecule has 1 aliphatic rings. The number of nitrogens with zero attached hydrogens (tertiary/aromatic N) is 3. The molecule has 0 fully saturated rings. The van der Waals surface area contributed by atoms with E-state index in [-0.39, 0.29) is 6.04 Å². The third-order valence-corrected chi connectivity index (χ3v) is 4.26. The number of benzene rings is 1. The number of hydrogen-bond donors (Lipinski definition) is 2. The largest absolute Gasteiger partial charge is 0.399 e. The fraction of sp³-hybridized carbons (Fsp3) is 0.176. The maximum absolute atomic E-state index is 10.6. The molecule has 2 atom stereocenters. The van der Waals surface area contributed by atoms with Crippen molar-refractivity contribution in [2.24, 2.45) is 0 Å². The molecule has 2 unspecified atom stereocenters. The standard InChI is InChI=1S/C17H16N4O/c18-12-3-1-11(2-4-12)17(22)7-15-13-5-6-19-8-14(13)16-9-20-10-21(15)16/h1-6,8-10,15,17,22H,7,18H2. The van der Waals surface area contributed by atoms with Crippen molar-refractivity contribution in [3.63, 3.8) is 0 Å². The fourth-order valence-electron chi connectivity index (χ4n) is 3.13. The quantitative estimate of drug-likeness (QED) is 0.727. The molecule has 0 radical (unpaired) electrons. The minimum absolute atomic E-state index is 0.0723. The van der Waals surface area contributed by atoms with Crippen LogP contribution in [0.25, 0.3) is 11.3 Å². The van der Waals surface area contributed by atoms with E-state index >= 15 is 0 Å². The molecule has 5 heteroatoms. The van der Waals surface area contributed by atoms with E-state index < -0.39 is 6.10 Å². The maximum atomic E-state index is 10.6. The Bertz CT molecular complexity index is 810. The summed E-state index contributed by atoms with van der Waals surface area (Å²) in [6, 6.07) is 9.46. The molecule has 110 valence electrons. The number of fused-ring (bicyclic) bond motifs is 3. The normalized spacial score (nSPS) is 17.0. The van der Waals surface area contributed by atoms with Crippen LogP contribution in [0.15, 0.2) is 55.2 Å². The van der Waals surface area contributed by atoms with Crippen molar-refractivity contribution in [3.8, 4) is 11.3 Å². The molecular weight excluding hydrogens is 276 g/mol. The summed E-state index contributed by atoms with van der Waals surface area (Å²) < 4.78 is 2.10. The highest BCUT2D eigenvalue weighted by Gasteiger charge is 2.30. The van der Waals surface area contributed by atoms with Crippen LogP contribution in [0.5, 0.6) is 0 Å². The van der Waals surface area contributed by atoms with Crippen LogP contribution in [-0.2, 0) is 0 Å². The van der Waals surface area contributed by atoms with Gasteiger partial charge in [0.05, 0.1) is 30.4 Å². The van der Waals surface area contributed by atoms with Gasteiger partial charge in [-0.15, -0.1) is 0 Å². The molecule has 2 aromatic heterocycles. The number of rotatable bonds is 3. The molecule has 0 aliphatic carbocycles. The number of nitrogens with two attached hydrogens (primary N) is 1. The predicted octanol–water partition coefficient (Wildman–Crippen LogP) is 2.55. The summed E-state index contributed by atoms with van der Waals surface area (Å²) in [6.45, 7) is 0. The fourth-order valence-corrected chi connectivity index (χ4v) is 3.13. The van der Waals surface area contributed by atoms with E-state index in [0.29, 0.717) is 12.1 Å². The highest BCUT2D eigenvalue weighted by Crippen LogP contribution is 2.42. The smallest absolute Gasteiger partial charge is 0.0956 e. The zero-order valence-electron chi connectivity index (χ0n) is 11.9. The Morgan fingerprint density at radius 2 is 1.95 bits per heavy atom. The SMILES string of the molecule is Nc1ccc(C(O)CC2c3ccncc3-c3cncn32)cc1. The molecule has 1 aliphatic heterocycles. The summed E-state index contributed by atoms with van der Waals surface area (Å²) in [7, 11) is 0. The first-order valence-corrected chi connectivity index (χ1v) is 7.23. The molecule has 3 aromatic rings. The lowest BCUT2D eigenvalue weighted by Crippen LogP contribution is -2.10. The summed E-state index contributed by atoms with van der Waals surface area (Å²) in [5, 5.41) is 10.6. The second-order valence-corrected chi connectivity index (χ2v) is 5.58. The van der Waals surface area contributed by atoms with Crippen LogP contribution < -0.4 is 5.73 Å². The minimum Gasteiger partial charge on any atom is -0.399 e. The van der Waals surface area contributed by atoms with Crippen molar-refractivity contribution < 1.29 is 5.11 Å². The van der Waals surface area contributed by atoms with Gasteiger partial charge in [-0.05, 0) is 29.3 Å². The van der Waals surface area contributed by atoms with Crippen molar-refractivity contribution >= 4 is 5.69 Å². The van der Waals surface area contributed by atoms with E-state index in [0.717, 1.165) is 16.8 Å². The highest BCUT2D eigenvalue weighted by atomic mass is 16.3. The van der Waals surface area contributed by atoms with Gasteiger partial charge in [-0.1, -0.05) is 12.1 Å². The lowest BCUT2D eigenvalue weighted by atomic mass is 9.97. The average molecular weight is 292 g/mol. The van der Waals surface area contributed by atoms with Gasteiger partial charge in [0.2, 0.25) is 0 Å². The molecule has 3 heterocycles. The topological polar surface area (TPSA) is 77.0 Å². The van der Waals surface area contributed by atoms with E-state index in [2.05, 4.69) is 14.5 Å². The van der Waals surface area contributed by atoms with Crippen molar-refractivity contribution in [2.45, 2.75) is 18.6 Å². The van der Waals surface area contributed by atoms with Gasteiger partial charge in [0.1, 0.15) is 0 Å². The predicted molar refractivity (Wildman–Crippen MR) is 84.0 cm³/mol. The second kappa shape index (κ2) is 4.96. The van der Waals surface area contributed by atoms with Gasteiger partial charge < -0.3 is 15.4 Å². The van der Waals surface area contributed by atoms with Crippen LogP contribution in [0.4, 0.5) is 5.69 Å². The molecule has 4 rings (SSSR count). The number of anilines is 1.